The second-order valence-corrected chi connectivity index (χ2v) is 6.96. The first-order valence-electron chi connectivity index (χ1n) is 4.18. The van der Waals surface area contributed by atoms with Crippen molar-refractivity contribution >= 4 is 81.2 Å². The topological polar surface area (TPSA) is 12.4 Å². The van der Waals surface area contributed by atoms with Crippen molar-refractivity contribution in [3.8, 4) is 0 Å². The van der Waals surface area contributed by atoms with Crippen molar-refractivity contribution in [2.24, 2.45) is 4.99 Å². The van der Waals surface area contributed by atoms with Gasteiger partial charge in [-0.25, -0.2) is 0 Å². The summed E-state index contributed by atoms with van der Waals surface area (Å²) in [5, 5.41) is -1.43. The normalized spacial score (nSPS) is 12.1. The number of hydrogen-bond donors (Lipinski definition) is 0. The highest BCUT2D eigenvalue weighted by Crippen LogP contribution is 2.53. The van der Waals surface area contributed by atoms with Crippen LogP contribution in [-0.2, 0) is 0 Å². The maximum absolute atomic E-state index is 13.6. The van der Waals surface area contributed by atoms with Crippen molar-refractivity contribution < 1.29 is 8.78 Å². The van der Waals surface area contributed by atoms with Gasteiger partial charge < -0.3 is 0 Å². The summed E-state index contributed by atoms with van der Waals surface area (Å²) in [6.07, 6.45) is 0. The molecule has 0 heterocycles. The average Bonchev–Trinajstić information content (AvgIpc) is 2.21. The molecule has 0 aliphatic carbocycles. The number of isothiocyanates is 1. The zero-order valence-corrected chi connectivity index (χ0v) is 12.9. The molecule has 0 amide bonds. The number of thioether (sulfide) groups is 1. The van der Waals surface area contributed by atoms with E-state index in [-0.39, 0.29) is 21.7 Å². The molecular formula is C9H3Cl4F2NS2. The SMILES string of the molecule is FC(F)(Sc1cc(N=C=S)ccc1Cl)C(Cl)(Cl)Cl. The van der Waals surface area contributed by atoms with Gasteiger partial charge in [-0.3, -0.25) is 0 Å². The van der Waals surface area contributed by atoms with Gasteiger partial charge in [0.15, 0.2) is 0 Å². The van der Waals surface area contributed by atoms with E-state index in [9.17, 15) is 8.78 Å². The maximum atomic E-state index is 13.6. The molecule has 1 nitrogen and oxygen atoms in total. The highest BCUT2D eigenvalue weighted by Gasteiger charge is 2.51. The fourth-order valence-electron chi connectivity index (χ4n) is 0.888. The number of halogens is 6. The van der Waals surface area contributed by atoms with Gasteiger partial charge in [-0.15, -0.1) is 0 Å². The molecule has 18 heavy (non-hydrogen) atoms. The fourth-order valence-corrected chi connectivity index (χ4v) is 2.31. The number of aliphatic imine (C=N–C) groups is 1. The van der Waals surface area contributed by atoms with E-state index in [0.717, 1.165) is 0 Å². The number of benzene rings is 1. The molecule has 0 bridgehead atoms. The predicted molar refractivity (Wildman–Crippen MR) is 77.2 cm³/mol. The molecule has 98 valence electrons. The van der Waals surface area contributed by atoms with Crippen molar-refractivity contribution in [2.75, 3.05) is 0 Å². The molecule has 1 aromatic rings. The minimum Gasteiger partial charge on any atom is -0.195 e. The molecular weight excluding hydrogens is 366 g/mol. The molecule has 0 fully saturated rings. The first-order chi connectivity index (χ1) is 8.17. The van der Waals surface area contributed by atoms with Crippen LogP contribution in [0.5, 0.6) is 0 Å². The largest absolute Gasteiger partial charge is 0.344 e. The third-order valence-electron chi connectivity index (χ3n) is 1.66. The van der Waals surface area contributed by atoms with Crippen molar-refractivity contribution in [1.29, 1.82) is 0 Å². The Balaban J connectivity index is 3.11. The molecule has 0 aliphatic heterocycles. The average molecular weight is 369 g/mol. The predicted octanol–water partition coefficient (Wildman–Crippen LogP) is 6.13. The summed E-state index contributed by atoms with van der Waals surface area (Å²) in [5.41, 5.74) is 0.331. The van der Waals surface area contributed by atoms with Crippen LogP contribution in [0.2, 0.25) is 5.02 Å². The van der Waals surface area contributed by atoms with Crippen LogP contribution >= 0.6 is 70.4 Å². The van der Waals surface area contributed by atoms with Crippen molar-refractivity contribution in [3.63, 3.8) is 0 Å². The highest BCUT2D eigenvalue weighted by molar-refractivity contribution is 8.00. The lowest BCUT2D eigenvalue weighted by atomic mass is 10.3. The highest BCUT2D eigenvalue weighted by atomic mass is 35.6. The van der Waals surface area contributed by atoms with Gasteiger partial charge in [-0.2, -0.15) is 13.8 Å². The zero-order valence-electron chi connectivity index (χ0n) is 8.26. The van der Waals surface area contributed by atoms with Crippen LogP contribution in [0, 0.1) is 0 Å². The first-order valence-corrected chi connectivity index (χ1v) is 6.92. The number of nitrogens with zero attached hydrogens (tertiary/aromatic N) is 1. The number of rotatable bonds is 3. The molecule has 0 aliphatic rings. The van der Waals surface area contributed by atoms with Crippen LogP contribution < -0.4 is 0 Å². The molecule has 1 rings (SSSR count). The Morgan fingerprint density at radius 3 is 2.39 bits per heavy atom. The van der Waals surface area contributed by atoms with Gasteiger partial charge in [0.25, 0.3) is 3.79 Å². The Morgan fingerprint density at radius 1 is 1.28 bits per heavy atom. The molecule has 0 unspecified atom stereocenters. The molecule has 0 aromatic heterocycles. The Hall–Kier alpha value is 0.390. The van der Waals surface area contributed by atoms with Crippen LogP contribution in [0.3, 0.4) is 0 Å². The van der Waals surface area contributed by atoms with Gasteiger partial charge in [-0.1, -0.05) is 46.4 Å². The Kier molecular flexibility index (Phi) is 5.69. The molecule has 0 spiro atoms. The van der Waals surface area contributed by atoms with Crippen molar-refractivity contribution in [2.45, 2.75) is 13.9 Å². The van der Waals surface area contributed by atoms with Crippen LogP contribution in [0.1, 0.15) is 0 Å². The van der Waals surface area contributed by atoms with Gasteiger partial charge in [0.05, 0.1) is 15.9 Å². The molecule has 0 saturated heterocycles. The monoisotopic (exact) mass is 367 g/mol. The second kappa shape index (κ2) is 6.23. The minimum atomic E-state index is -3.64. The summed E-state index contributed by atoms with van der Waals surface area (Å²) in [7, 11) is 0. The van der Waals surface area contributed by atoms with Crippen LogP contribution in [0.25, 0.3) is 0 Å². The molecule has 0 N–H and O–H groups in total. The van der Waals surface area contributed by atoms with Gasteiger partial charge >= 0.3 is 5.25 Å². The smallest absolute Gasteiger partial charge is 0.195 e. The van der Waals surface area contributed by atoms with E-state index in [1.54, 1.807) is 0 Å². The van der Waals surface area contributed by atoms with Gasteiger partial charge in [0.2, 0.25) is 0 Å². The van der Waals surface area contributed by atoms with E-state index in [0.29, 0.717) is 5.69 Å². The number of alkyl halides is 5. The van der Waals surface area contributed by atoms with Crippen LogP contribution in [0.15, 0.2) is 28.1 Å². The molecule has 0 atom stereocenters. The Labute approximate surface area is 131 Å². The lowest BCUT2D eigenvalue weighted by molar-refractivity contribution is 0.111. The summed E-state index contributed by atoms with van der Waals surface area (Å²) >= 11 is 25.8. The van der Waals surface area contributed by atoms with Crippen LogP contribution in [-0.4, -0.2) is 14.2 Å². The zero-order chi connectivity index (χ0) is 14.0. The first kappa shape index (κ1) is 16.4. The summed E-state index contributed by atoms with van der Waals surface area (Å²) in [6.45, 7) is 0. The third-order valence-corrected chi connectivity index (χ3v) is 4.36. The molecule has 1 aromatic carbocycles. The number of thiocarbonyl (C=S) groups is 1. The lowest BCUT2D eigenvalue weighted by Crippen LogP contribution is -2.29. The van der Waals surface area contributed by atoms with E-state index >= 15 is 0 Å². The van der Waals surface area contributed by atoms with E-state index in [4.69, 9.17) is 46.4 Å². The standard InChI is InChI=1S/C9H3Cl4F2NS2/c10-6-2-1-5(16-4-17)3-7(6)18-9(14,15)8(11,12)13/h1-3H. The minimum absolute atomic E-state index is 0.0273. The summed E-state index contributed by atoms with van der Waals surface area (Å²) in [4.78, 5) is 3.68. The van der Waals surface area contributed by atoms with E-state index in [1.807, 2.05) is 0 Å². The van der Waals surface area contributed by atoms with E-state index in [1.165, 1.54) is 18.2 Å². The Morgan fingerprint density at radius 2 is 1.89 bits per heavy atom. The molecule has 0 radical (unpaired) electrons. The summed E-state index contributed by atoms with van der Waals surface area (Å²) < 4.78 is 24.4. The van der Waals surface area contributed by atoms with Crippen LogP contribution in [0.4, 0.5) is 14.5 Å². The molecule has 9 heteroatoms. The van der Waals surface area contributed by atoms with Crippen molar-refractivity contribution in [1.82, 2.24) is 0 Å². The summed E-state index contributed by atoms with van der Waals surface area (Å²) in [6, 6.07) is 4.19. The van der Waals surface area contributed by atoms with Gasteiger partial charge in [0.1, 0.15) is 0 Å². The summed E-state index contributed by atoms with van der Waals surface area (Å²) in [5.74, 6) is 0. The lowest BCUT2D eigenvalue weighted by Gasteiger charge is -2.23. The van der Waals surface area contributed by atoms with E-state index in [2.05, 4.69) is 22.4 Å². The quantitative estimate of drug-likeness (QED) is 0.275. The fraction of sp³-hybridized carbons (Fsp3) is 0.222. The van der Waals surface area contributed by atoms with Crippen molar-refractivity contribution in [3.05, 3.63) is 23.2 Å². The maximum Gasteiger partial charge on any atom is 0.344 e. The third kappa shape index (κ3) is 4.20. The Bertz CT molecular complexity index is 498. The number of hydrogen-bond acceptors (Lipinski definition) is 3. The van der Waals surface area contributed by atoms with Gasteiger partial charge in [-0.05, 0) is 42.2 Å². The molecule has 0 saturated carbocycles. The second-order valence-electron chi connectivity index (χ2n) is 2.93. The van der Waals surface area contributed by atoms with E-state index < -0.39 is 9.05 Å². The van der Waals surface area contributed by atoms with Gasteiger partial charge in [0, 0.05) is 4.90 Å².